The van der Waals surface area contributed by atoms with Gasteiger partial charge in [-0.05, 0) is 19.1 Å². The van der Waals surface area contributed by atoms with Gasteiger partial charge < -0.3 is 54.7 Å². The van der Waals surface area contributed by atoms with Crippen molar-refractivity contribution < 1.29 is 54.7 Å². The van der Waals surface area contributed by atoms with Crippen molar-refractivity contribution in [2.45, 2.75) is 37.6 Å². The van der Waals surface area contributed by atoms with Gasteiger partial charge in [0.2, 0.25) is 17.5 Å². The molecule has 176 valence electrons. The molecule has 0 saturated carbocycles. The summed E-state index contributed by atoms with van der Waals surface area (Å²) in [5, 5.41) is 79.1. The summed E-state index contributed by atoms with van der Waals surface area (Å²) in [4.78, 5) is 13.2. The van der Waals surface area contributed by atoms with Crippen LogP contribution in [0.15, 0.2) is 33.5 Å². The topological polar surface area (TPSA) is 211 Å². The number of ether oxygens (including phenoxy) is 2. The molecule has 5 atom stereocenters. The summed E-state index contributed by atoms with van der Waals surface area (Å²) in [6, 6.07) is 3.79. The van der Waals surface area contributed by atoms with E-state index in [2.05, 4.69) is 0 Å². The van der Waals surface area contributed by atoms with Crippen LogP contribution in [0.3, 0.4) is 0 Å². The Bertz CT molecular complexity index is 1260. The van der Waals surface area contributed by atoms with Crippen molar-refractivity contribution in [3.05, 3.63) is 34.5 Å². The number of aromatic hydroxyl groups is 5. The molecule has 2 aromatic carbocycles. The van der Waals surface area contributed by atoms with Crippen LogP contribution in [-0.2, 0) is 4.74 Å². The van der Waals surface area contributed by atoms with Gasteiger partial charge in [-0.1, -0.05) is 0 Å². The van der Waals surface area contributed by atoms with Crippen molar-refractivity contribution in [3.8, 4) is 45.8 Å². The Kier molecular flexibility index (Phi) is 5.46. The van der Waals surface area contributed by atoms with Crippen LogP contribution in [0.25, 0.3) is 22.3 Å². The molecule has 12 heteroatoms. The van der Waals surface area contributed by atoms with Crippen molar-refractivity contribution in [2.75, 3.05) is 0 Å². The van der Waals surface area contributed by atoms with Crippen molar-refractivity contribution in [1.29, 1.82) is 0 Å². The molecule has 0 amide bonds. The molecule has 0 radical (unpaired) electrons. The van der Waals surface area contributed by atoms with Crippen LogP contribution in [0.2, 0.25) is 0 Å². The van der Waals surface area contributed by atoms with Gasteiger partial charge >= 0.3 is 0 Å². The van der Waals surface area contributed by atoms with Gasteiger partial charge in [0.1, 0.15) is 40.8 Å². The lowest BCUT2D eigenvalue weighted by atomic mass is 10.00. The highest BCUT2D eigenvalue weighted by Gasteiger charge is 2.44. The summed E-state index contributed by atoms with van der Waals surface area (Å²) >= 11 is 0. The van der Waals surface area contributed by atoms with E-state index in [0.717, 1.165) is 24.3 Å². The van der Waals surface area contributed by atoms with Gasteiger partial charge in [0.25, 0.3) is 0 Å². The number of hydrogen-bond donors (Lipinski definition) is 8. The molecule has 4 rings (SSSR count). The number of hydrogen-bond acceptors (Lipinski definition) is 12. The Balaban J connectivity index is 1.95. The van der Waals surface area contributed by atoms with Crippen LogP contribution >= 0.6 is 0 Å². The number of phenolic OH excluding ortho intramolecular Hbond substituents is 5. The minimum absolute atomic E-state index is 0.168. The lowest BCUT2D eigenvalue weighted by Gasteiger charge is -2.38. The number of aliphatic hydroxyl groups is 3. The zero-order chi connectivity index (χ0) is 24.2. The summed E-state index contributed by atoms with van der Waals surface area (Å²) in [6.07, 6.45) is -7.59. The van der Waals surface area contributed by atoms with Crippen LogP contribution in [-0.4, -0.2) is 71.6 Å². The van der Waals surface area contributed by atoms with Gasteiger partial charge in [-0.2, -0.15) is 0 Å². The van der Waals surface area contributed by atoms with Gasteiger partial charge in [-0.15, -0.1) is 0 Å². The van der Waals surface area contributed by atoms with Crippen LogP contribution in [0, 0.1) is 0 Å². The van der Waals surface area contributed by atoms with Crippen LogP contribution in [0.1, 0.15) is 6.92 Å². The smallest absolute Gasteiger partial charge is 0.239 e. The van der Waals surface area contributed by atoms with E-state index in [1.165, 1.54) is 6.92 Å². The summed E-state index contributed by atoms with van der Waals surface area (Å²) < 4.78 is 16.5. The summed E-state index contributed by atoms with van der Waals surface area (Å²) in [7, 11) is 0. The summed E-state index contributed by atoms with van der Waals surface area (Å²) in [6.45, 7) is 1.39. The highest BCUT2D eigenvalue weighted by Crippen LogP contribution is 2.43. The first-order valence-electron chi connectivity index (χ1n) is 9.64. The predicted molar refractivity (Wildman–Crippen MR) is 109 cm³/mol. The second-order valence-electron chi connectivity index (χ2n) is 7.59. The standard InChI is InChI=1S/C21H20O12/c1-6-14(26)17(29)18(30)21(31-6)33-20-16(28)13-9(23)4-8(22)5-12(13)32-19(20)7-2-10(24)15(27)11(25)3-7/h2-6,14,17-18,21-27,29-30H,1H3/t6-,14-,17+,18+,21?/m1/s1. The number of rotatable bonds is 3. The maximum atomic E-state index is 13.2. The molecule has 1 unspecified atom stereocenters. The minimum atomic E-state index is -1.80. The fourth-order valence-corrected chi connectivity index (χ4v) is 3.53. The Morgan fingerprint density at radius 3 is 2.12 bits per heavy atom. The third-order valence-corrected chi connectivity index (χ3v) is 5.29. The van der Waals surface area contributed by atoms with Gasteiger partial charge in [-0.3, -0.25) is 4.79 Å². The van der Waals surface area contributed by atoms with E-state index >= 15 is 0 Å². The van der Waals surface area contributed by atoms with Crippen molar-refractivity contribution in [1.82, 2.24) is 0 Å². The lowest BCUT2D eigenvalue weighted by molar-refractivity contribution is -0.268. The fourth-order valence-electron chi connectivity index (χ4n) is 3.53. The molecule has 1 aliphatic rings. The van der Waals surface area contributed by atoms with Gasteiger partial charge in [-0.25, -0.2) is 0 Å². The SMILES string of the molecule is C[C@H]1OC(Oc2c(-c3cc(O)c(O)c(O)c3)oc3cc(O)cc(O)c3c2=O)[C@@H](O)[C@@H](O)[C@@H]1O. The van der Waals surface area contributed by atoms with Crippen LogP contribution < -0.4 is 10.2 Å². The van der Waals surface area contributed by atoms with Crippen molar-refractivity contribution >= 4 is 11.0 Å². The number of phenols is 5. The first-order chi connectivity index (χ1) is 15.5. The Morgan fingerprint density at radius 1 is 0.848 bits per heavy atom. The first-order valence-corrected chi connectivity index (χ1v) is 9.64. The Hall–Kier alpha value is -3.71. The maximum Gasteiger partial charge on any atom is 0.239 e. The molecule has 1 aromatic heterocycles. The number of fused-ring (bicyclic) bond motifs is 1. The van der Waals surface area contributed by atoms with Crippen LogP contribution in [0.5, 0.6) is 34.5 Å². The Labute approximate surface area is 184 Å². The largest absolute Gasteiger partial charge is 0.508 e. The van der Waals surface area contributed by atoms with Gasteiger partial charge in [0, 0.05) is 17.7 Å². The molecule has 1 fully saturated rings. The average molecular weight is 464 g/mol. The molecule has 0 bridgehead atoms. The second-order valence-corrected chi connectivity index (χ2v) is 7.59. The summed E-state index contributed by atoms with van der Waals surface area (Å²) in [5.41, 5.74) is -1.45. The molecule has 12 nitrogen and oxygen atoms in total. The van der Waals surface area contributed by atoms with E-state index in [4.69, 9.17) is 13.9 Å². The third-order valence-electron chi connectivity index (χ3n) is 5.29. The van der Waals surface area contributed by atoms with E-state index < -0.39 is 81.8 Å². The molecule has 2 heterocycles. The normalized spacial score (nSPS) is 25.3. The molecule has 1 saturated heterocycles. The molecule has 3 aromatic rings. The quantitative estimate of drug-likeness (QED) is 0.244. The number of aliphatic hydroxyl groups excluding tert-OH is 3. The highest BCUT2D eigenvalue weighted by atomic mass is 16.7. The fraction of sp³-hybridized carbons (Fsp3) is 0.286. The number of benzene rings is 2. The van der Waals surface area contributed by atoms with Crippen LogP contribution in [0.4, 0.5) is 0 Å². The van der Waals surface area contributed by atoms with E-state index in [-0.39, 0.29) is 11.1 Å². The third kappa shape index (κ3) is 3.74. The molecular formula is C21H20O12. The first kappa shape index (κ1) is 22.5. The Morgan fingerprint density at radius 2 is 1.48 bits per heavy atom. The van der Waals surface area contributed by atoms with Gasteiger partial charge in [0.15, 0.2) is 23.0 Å². The molecular weight excluding hydrogens is 444 g/mol. The highest BCUT2D eigenvalue weighted by molar-refractivity contribution is 5.88. The second kappa shape index (κ2) is 8.01. The van der Waals surface area contributed by atoms with E-state index in [1.807, 2.05) is 0 Å². The van der Waals surface area contributed by atoms with Crippen molar-refractivity contribution in [2.24, 2.45) is 0 Å². The maximum absolute atomic E-state index is 13.2. The zero-order valence-corrected chi connectivity index (χ0v) is 16.9. The van der Waals surface area contributed by atoms with E-state index in [9.17, 15) is 45.6 Å². The monoisotopic (exact) mass is 464 g/mol. The molecule has 0 spiro atoms. The predicted octanol–water partition coefficient (Wildman–Crippen LogP) is 0.194. The molecule has 8 N–H and O–H groups in total. The van der Waals surface area contributed by atoms with E-state index in [0.29, 0.717) is 0 Å². The lowest BCUT2D eigenvalue weighted by Crippen LogP contribution is -2.58. The van der Waals surface area contributed by atoms with Gasteiger partial charge in [0.05, 0.1) is 6.10 Å². The molecule has 33 heavy (non-hydrogen) atoms. The molecule has 0 aliphatic carbocycles. The summed E-state index contributed by atoms with van der Waals surface area (Å²) in [5.74, 6) is -4.55. The van der Waals surface area contributed by atoms with E-state index in [1.54, 1.807) is 0 Å². The average Bonchev–Trinajstić information content (AvgIpc) is 2.74. The van der Waals surface area contributed by atoms with Crippen molar-refractivity contribution in [3.63, 3.8) is 0 Å². The zero-order valence-electron chi connectivity index (χ0n) is 16.9. The molecule has 1 aliphatic heterocycles. The minimum Gasteiger partial charge on any atom is -0.508 e.